The molecule has 0 radical (unpaired) electrons. The second-order valence-corrected chi connectivity index (χ2v) is 5.79. The molecule has 5 heteroatoms. The minimum absolute atomic E-state index is 0.202. The quantitative estimate of drug-likeness (QED) is 0.799. The number of hydrogen-bond donors (Lipinski definition) is 1. The Kier molecular flexibility index (Phi) is 2.73. The van der Waals surface area contributed by atoms with Gasteiger partial charge in [-0.25, -0.2) is 9.97 Å². The summed E-state index contributed by atoms with van der Waals surface area (Å²) in [5.41, 5.74) is 5.77. The van der Waals surface area contributed by atoms with Crippen LogP contribution in [0.1, 0.15) is 27.7 Å². The molecule has 0 aliphatic carbocycles. The largest absolute Gasteiger partial charge is 0.396 e. The summed E-state index contributed by atoms with van der Waals surface area (Å²) in [5.74, 6) is 0.712. The molecule has 1 aromatic rings. The van der Waals surface area contributed by atoms with Gasteiger partial charge in [-0.2, -0.15) is 0 Å². The average Bonchev–Trinajstić information content (AvgIpc) is 2.13. The first kappa shape index (κ1) is 12.1. The highest BCUT2D eigenvalue weighted by Crippen LogP contribution is 2.29. The lowest BCUT2D eigenvalue weighted by molar-refractivity contribution is -0.133. The van der Waals surface area contributed by atoms with Gasteiger partial charge in [0.05, 0.1) is 29.3 Å². The van der Waals surface area contributed by atoms with Gasteiger partial charge in [0.1, 0.15) is 0 Å². The number of hydrogen-bond acceptors (Lipinski definition) is 5. The molecule has 0 unspecified atom stereocenters. The number of nitrogen functional groups attached to an aromatic ring is 1. The number of morpholine rings is 1. The maximum atomic E-state index is 6.01. The summed E-state index contributed by atoms with van der Waals surface area (Å²) in [7, 11) is 0. The fraction of sp³-hybridized carbons (Fsp3) is 0.667. The SMILES string of the molecule is CC1(C)CN(c2ncc(N)cn2)CC(C)(C)O1. The van der Waals surface area contributed by atoms with Gasteiger partial charge in [-0.15, -0.1) is 0 Å². The highest BCUT2D eigenvalue weighted by atomic mass is 16.5. The summed E-state index contributed by atoms with van der Waals surface area (Å²) in [6.07, 6.45) is 3.27. The molecule has 17 heavy (non-hydrogen) atoms. The fourth-order valence-electron chi connectivity index (χ4n) is 2.42. The molecule has 2 heterocycles. The standard InChI is InChI=1S/C12H20N4O/c1-11(2)7-16(8-12(3,4)17-11)10-14-5-9(13)6-15-10/h5-6H,7-8,13H2,1-4H3. The zero-order valence-electron chi connectivity index (χ0n) is 10.9. The Balaban J connectivity index is 2.24. The van der Waals surface area contributed by atoms with E-state index >= 15 is 0 Å². The summed E-state index contributed by atoms with van der Waals surface area (Å²) >= 11 is 0. The van der Waals surface area contributed by atoms with Crippen LogP contribution in [0, 0.1) is 0 Å². The van der Waals surface area contributed by atoms with Crippen molar-refractivity contribution in [2.24, 2.45) is 0 Å². The molecule has 94 valence electrons. The lowest BCUT2D eigenvalue weighted by Gasteiger charge is -2.47. The molecule has 1 aliphatic heterocycles. The van der Waals surface area contributed by atoms with E-state index in [9.17, 15) is 0 Å². The summed E-state index contributed by atoms with van der Waals surface area (Å²) in [6, 6.07) is 0. The van der Waals surface area contributed by atoms with Crippen LogP contribution in [0.2, 0.25) is 0 Å². The van der Waals surface area contributed by atoms with E-state index in [4.69, 9.17) is 10.5 Å². The van der Waals surface area contributed by atoms with Crippen molar-refractivity contribution in [3.63, 3.8) is 0 Å². The molecule has 1 saturated heterocycles. The normalized spacial score (nSPS) is 22.5. The van der Waals surface area contributed by atoms with Gasteiger partial charge < -0.3 is 15.4 Å². The topological polar surface area (TPSA) is 64.3 Å². The predicted octanol–water partition coefficient (Wildman–Crippen LogP) is 1.45. The van der Waals surface area contributed by atoms with Gasteiger partial charge in [0.2, 0.25) is 5.95 Å². The van der Waals surface area contributed by atoms with Crippen molar-refractivity contribution < 1.29 is 4.74 Å². The van der Waals surface area contributed by atoms with E-state index in [1.54, 1.807) is 12.4 Å². The molecule has 1 aliphatic rings. The highest BCUT2D eigenvalue weighted by Gasteiger charge is 2.38. The Morgan fingerprint density at radius 3 is 2.06 bits per heavy atom. The van der Waals surface area contributed by atoms with Crippen molar-refractivity contribution in [3.8, 4) is 0 Å². The molecule has 5 nitrogen and oxygen atoms in total. The molecule has 0 aromatic carbocycles. The Labute approximate surface area is 102 Å². The van der Waals surface area contributed by atoms with E-state index < -0.39 is 0 Å². The Morgan fingerprint density at radius 1 is 1.12 bits per heavy atom. The summed E-state index contributed by atoms with van der Waals surface area (Å²) in [5, 5.41) is 0. The van der Waals surface area contributed by atoms with Crippen LogP contribution in [0.5, 0.6) is 0 Å². The Hall–Kier alpha value is -1.36. The fourth-order valence-corrected chi connectivity index (χ4v) is 2.42. The second kappa shape index (κ2) is 3.84. The van der Waals surface area contributed by atoms with Crippen LogP contribution in [0.4, 0.5) is 11.6 Å². The van der Waals surface area contributed by atoms with Gasteiger partial charge >= 0.3 is 0 Å². The number of nitrogens with two attached hydrogens (primary N) is 1. The lowest BCUT2D eigenvalue weighted by atomic mass is 9.99. The minimum Gasteiger partial charge on any atom is -0.396 e. The Bertz CT molecular complexity index is 383. The zero-order valence-corrected chi connectivity index (χ0v) is 10.9. The van der Waals surface area contributed by atoms with Gasteiger partial charge in [-0.1, -0.05) is 0 Å². The molecule has 0 spiro atoms. The van der Waals surface area contributed by atoms with Gasteiger partial charge in [-0.05, 0) is 27.7 Å². The van der Waals surface area contributed by atoms with Crippen molar-refractivity contribution in [2.45, 2.75) is 38.9 Å². The maximum Gasteiger partial charge on any atom is 0.225 e. The molecular weight excluding hydrogens is 216 g/mol. The second-order valence-electron chi connectivity index (χ2n) is 5.79. The average molecular weight is 236 g/mol. The van der Waals surface area contributed by atoms with Crippen LogP contribution in [0.25, 0.3) is 0 Å². The van der Waals surface area contributed by atoms with E-state index in [1.165, 1.54) is 0 Å². The number of nitrogens with zero attached hydrogens (tertiary/aromatic N) is 3. The van der Waals surface area contributed by atoms with Crippen LogP contribution < -0.4 is 10.6 Å². The van der Waals surface area contributed by atoms with E-state index in [-0.39, 0.29) is 11.2 Å². The van der Waals surface area contributed by atoms with Gasteiger partial charge in [0.15, 0.2) is 0 Å². The third-order valence-electron chi connectivity index (χ3n) is 2.64. The first-order valence-electron chi connectivity index (χ1n) is 5.80. The highest BCUT2D eigenvalue weighted by molar-refractivity contribution is 5.39. The summed E-state index contributed by atoms with van der Waals surface area (Å²) < 4.78 is 6.01. The molecule has 2 N–H and O–H groups in total. The predicted molar refractivity (Wildman–Crippen MR) is 67.9 cm³/mol. The summed E-state index contributed by atoms with van der Waals surface area (Å²) in [6.45, 7) is 9.88. The number of rotatable bonds is 1. The van der Waals surface area contributed by atoms with Gasteiger partial charge in [0, 0.05) is 13.1 Å². The van der Waals surface area contributed by atoms with Crippen LogP contribution in [0.3, 0.4) is 0 Å². The molecule has 2 rings (SSSR count). The van der Waals surface area contributed by atoms with Crippen molar-refractivity contribution in [1.29, 1.82) is 0 Å². The first-order valence-corrected chi connectivity index (χ1v) is 5.80. The molecule has 1 aromatic heterocycles. The molecule has 0 amide bonds. The molecule has 0 atom stereocenters. The molecule has 0 saturated carbocycles. The Morgan fingerprint density at radius 2 is 1.59 bits per heavy atom. The van der Waals surface area contributed by atoms with Crippen LogP contribution in [-0.4, -0.2) is 34.3 Å². The van der Waals surface area contributed by atoms with Crippen molar-refractivity contribution in [2.75, 3.05) is 23.7 Å². The van der Waals surface area contributed by atoms with Crippen molar-refractivity contribution in [3.05, 3.63) is 12.4 Å². The van der Waals surface area contributed by atoms with Crippen LogP contribution in [0.15, 0.2) is 12.4 Å². The van der Waals surface area contributed by atoms with E-state index in [0.29, 0.717) is 11.6 Å². The molecular formula is C12H20N4O. The zero-order chi connectivity index (χ0) is 12.7. The van der Waals surface area contributed by atoms with Crippen LogP contribution in [-0.2, 0) is 4.74 Å². The lowest BCUT2D eigenvalue weighted by Crippen LogP contribution is -2.57. The van der Waals surface area contributed by atoms with E-state index in [0.717, 1.165) is 13.1 Å². The van der Waals surface area contributed by atoms with Gasteiger partial charge in [0.25, 0.3) is 0 Å². The van der Waals surface area contributed by atoms with Crippen molar-refractivity contribution in [1.82, 2.24) is 9.97 Å². The molecule has 1 fully saturated rings. The number of anilines is 2. The third-order valence-corrected chi connectivity index (χ3v) is 2.64. The smallest absolute Gasteiger partial charge is 0.225 e. The monoisotopic (exact) mass is 236 g/mol. The van der Waals surface area contributed by atoms with Crippen molar-refractivity contribution >= 4 is 11.6 Å². The first-order chi connectivity index (χ1) is 7.77. The van der Waals surface area contributed by atoms with Crippen LogP contribution >= 0.6 is 0 Å². The van der Waals surface area contributed by atoms with E-state index in [1.807, 2.05) is 0 Å². The molecule has 0 bridgehead atoms. The maximum absolute atomic E-state index is 6.01. The van der Waals surface area contributed by atoms with Gasteiger partial charge in [-0.3, -0.25) is 0 Å². The van der Waals surface area contributed by atoms with E-state index in [2.05, 4.69) is 42.6 Å². The minimum atomic E-state index is -0.202. The number of aromatic nitrogens is 2. The number of ether oxygens (including phenoxy) is 1. The third kappa shape index (κ3) is 2.85. The summed E-state index contributed by atoms with van der Waals surface area (Å²) in [4.78, 5) is 10.7.